The van der Waals surface area contributed by atoms with Gasteiger partial charge in [0, 0.05) is 18.9 Å². The predicted molar refractivity (Wildman–Crippen MR) is 138 cm³/mol. The number of likely N-dealkylation sites (N-methyl/N-ethyl adjacent to an activating group) is 1. The molecular formula is C23H44N3O11P. The maximum absolute atomic E-state index is 13.9. The molecule has 0 radical (unpaired) electrons. The van der Waals surface area contributed by atoms with E-state index in [-0.39, 0.29) is 19.8 Å². The van der Waals surface area contributed by atoms with Crippen molar-refractivity contribution in [3.05, 3.63) is 0 Å². The van der Waals surface area contributed by atoms with Crippen molar-refractivity contribution in [2.75, 3.05) is 33.9 Å². The zero-order valence-corrected chi connectivity index (χ0v) is 24.6. The highest BCUT2D eigenvalue weighted by Gasteiger charge is 2.39. The Balaban J connectivity index is 6.03. The van der Waals surface area contributed by atoms with Crippen molar-refractivity contribution in [3.63, 3.8) is 0 Å². The Morgan fingerprint density at radius 1 is 0.868 bits per heavy atom. The molecular weight excluding hydrogens is 525 g/mol. The molecule has 2 unspecified atom stereocenters. The van der Waals surface area contributed by atoms with Crippen molar-refractivity contribution in [1.29, 1.82) is 0 Å². The summed E-state index contributed by atoms with van der Waals surface area (Å²) in [5.74, 6) is -2.13. The van der Waals surface area contributed by atoms with E-state index in [0.29, 0.717) is 12.8 Å². The van der Waals surface area contributed by atoms with E-state index in [4.69, 9.17) is 33.7 Å². The number of guanidine groups is 1. The van der Waals surface area contributed by atoms with Crippen LogP contribution in [0.4, 0.5) is 9.59 Å². The third-order valence-corrected chi connectivity index (χ3v) is 6.03. The molecule has 0 aromatic rings. The number of rotatable bonds is 17. The van der Waals surface area contributed by atoms with E-state index in [1.165, 1.54) is 14.2 Å². The monoisotopic (exact) mass is 569 g/mol. The molecule has 0 aliphatic carbocycles. The van der Waals surface area contributed by atoms with Crippen molar-refractivity contribution >= 4 is 32.0 Å². The van der Waals surface area contributed by atoms with Gasteiger partial charge in [-0.1, -0.05) is 54.4 Å². The van der Waals surface area contributed by atoms with Crippen molar-refractivity contribution in [1.82, 2.24) is 4.90 Å². The van der Waals surface area contributed by atoms with Gasteiger partial charge in [0.2, 0.25) is 18.5 Å². The van der Waals surface area contributed by atoms with E-state index in [1.54, 1.807) is 27.7 Å². The summed E-state index contributed by atoms with van der Waals surface area (Å²) in [6.07, 6.45) is -2.13. The van der Waals surface area contributed by atoms with Gasteiger partial charge in [0.05, 0.1) is 20.3 Å². The van der Waals surface area contributed by atoms with Gasteiger partial charge in [0.15, 0.2) is 0 Å². The Kier molecular flexibility index (Phi) is 17.4. The normalized spacial score (nSPS) is 14.8. The highest BCUT2D eigenvalue weighted by Crippen LogP contribution is 2.54. The van der Waals surface area contributed by atoms with Crippen LogP contribution in [0.2, 0.25) is 0 Å². The second-order valence-electron chi connectivity index (χ2n) is 8.93. The number of carbonyl (C=O) groups is 3. The molecule has 38 heavy (non-hydrogen) atoms. The van der Waals surface area contributed by atoms with Crippen molar-refractivity contribution in [3.8, 4) is 0 Å². The smallest absolute Gasteiger partial charge is 0.468 e. The van der Waals surface area contributed by atoms with Gasteiger partial charge in [-0.15, -0.1) is 4.76 Å². The lowest BCUT2D eigenvalue weighted by atomic mass is 10.2. The van der Waals surface area contributed by atoms with Gasteiger partial charge in [-0.2, -0.15) is 0 Å². The fraction of sp³-hybridized carbons (Fsp3) is 0.826. The summed E-state index contributed by atoms with van der Waals surface area (Å²) in [7, 11) is -2.09. The van der Waals surface area contributed by atoms with Crippen molar-refractivity contribution in [2.45, 2.75) is 79.8 Å². The summed E-state index contributed by atoms with van der Waals surface area (Å²) in [5.41, 5.74) is 5.95. The first kappa shape index (κ1) is 35.4. The summed E-state index contributed by atoms with van der Waals surface area (Å²) >= 11 is 0. The molecule has 0 saturated carbocycles. The number of unbranched alkanes of at least 4 members (excludes halogenated alkanes) is 2. The van der Waals surface area contributed by atoms with Crippen molar-refractivity contribution < 1.29 is 51.7 Å². The van der Waals surface area contributed by atoms with Crippen LogP contribution in [0.15, 0.2) is 4.76 Å². The first-order valence-electron chi connectivity index (χ1n) is 12.6. The average molecular weight is 570 g/mol. The average Bonchev–Trinajstić information content (AvgIpc) is 2.83. The SMILES string of the molecule is CCCCOC(=O)OC(OP(=O)(/N=C(\N)N(C)CC(=O)OC)OC(OC(=O)OCCCC)C(C)C)C(C)C. The molecule has 0 rings (SSSR count). The van der Waals surface area contributed by atoms with Crippen molar-refractivity contribution in [2.24, 2.45) is 22.3 Å². The second kappa shape index (κ2) is 18.6. The number of hydrogen-bond acceptors (Lipinski definition) is 11. The fourth-order valence-electron chi connectivity index (χ4n) is 2.29. The van der Waals surface area contributed by atoms with Crippen LogP contribution in [-0.4, -0.2) is 75.6 Å². The molecule has 0 amide bonds. The fourth-order valence-corrected chi connectivity index (χ4v) is 3.94. The van der Waals surface area contributed by atoms with Gasteiger partial charge in [0.25, 0.3) is 0 Å². The number of nitrogens with two attached hydrogens (primary N) is 1. The van der Waals surface area contributed by atoms with Gasteiger partial charge in [-0.25, -0.2) is 23.2 Å². The van der Waals surface area contributed by atoms with Crippen LogP contribution in [0.25, 0.3) is 0 Å². The van der Waals surface area contributed by atoms with Crippen LogP contribution < -0.4 is 5.73 Å². The molecule has 0 aliphatic rings. The lowest BCUT2D eigenvalue weighted by Gasteiger charge is -2.28. The van der Waals surface area contributed by atoms with Gasteiger partial charge >= 0.3 is 26.0 Å². The minimum atomic E-state index is -4.67. The number of methoxy groups -OCH3 is 1. The molecule has 0 aliphatic heterocycles. The van der Waals surface area contributed by atoms with Gasteiger partial charge in [-0.05, 0) is 12.8 Å². The summed E-state index contributed by atoms with van der Waals surface area (Å²) in [6.45, 7) is 10.3. The third-order valence-electron chi connectivity index (χ3n) is 4.63. The second-order valence-corrected chi connectivity index (χ2v) is 10.5. The van der Waals surface area contributed by atoms with E-state index in [9.17, 15) is 18.9 Å². The zero-order chi connectivity index (χ0) is 29.3. The van der Waals surface area contributed by atoms with Crippen LogP contribution >= 0.6 is 7.75 Å². The van der Waals surface area contributed by atoms with E-state index < -0.39 is 56.4 Å². The van der Waals surface area contributed by atoms with E-state index in [2.05, 4.69) is 9.50 Å². The van der Waals surface area contributed by atoms with E-state index in [1.807, 2.05) is 13.8 Å². The largest absolute Gasteiger partial charge is 0.510 e. The molecule has 0 fully saturated rings. The standard InChI is InChI=1S/C23H44N3O11P/c1-9-11-13-32-22(28)34-19(16(3)4)36-38(30,25-21(24)26(7)15-18(27)31-8)37-20(17(5)6)35-23(29)33-14-12-10-2/h16-17,19-20H,9-15H2,1-8H3,(H2,24,25,30). The van der Waals surface area contributed by atoms with Crippen LogP contribution in [0.5, 0.6) is 0 Å². The molecule has 0 heterocycles. The summed E-state index contributed by atoms with van der Waals surface area (Å²) < 4.78 is 53.8. The van der Waals surface area contributed by atoms with Crippen LogP contribution in [-0.2, 0) is 42.1 Å². The summed E-state index contributed by atoms with van der Waals surface area (Å²) in [4.78, 5) is 37.1. The molecule has 2 N–H and O–H groups in total. The minimum Gasteiger partial charge on any atom is -0.468 e. The Labute approximate surface area is 225 Å². The summed E-state index contributed by atoms with van der Waals surface area (Å²) in [5, 5.41) is 0. The maximum atomic E-state index is 13.9. The Bertz CT molecular complexity index is 765. The molecule has 0 aromatic heterocycles. The first-order chi connectivity index (χ1) is 17.8. The predicted octanol–water partition coefficient (Wildman–Crippen LogP) is 4.42. The molecule has 222 valence electrons. The number of esters is 1. The topological polar surface area (TPSA) is 175 Å². The highest BCUT2D eigenvalue weighted by atomic mass is 31.2. The first-order valence-corrected chi connectivity index (χ1v) is 14.0. The lowest BCUT2D eigenvalue weighted by molar-refractivity contribution is -0.140. The Morgan fingerprint density at radius 3 is 1.63 bits per heavy atom. The number of ether oxygens (including phenoxy) is 5. The van der Waals surface area contributed by atoms with Gasteiger partial charge in [0.1, 0.15) is 6.54 Å². The maximum Gasteiger partial charge on any atom is 0.510 e. The quantitative estimate of drug-likeness (QED) is 0.0496. The van der Waals surface area contributed by atoms with Gasteiger partial charge in [-0.3, -0.25) is 4.79 Å². The number of nitrogens with zero attached hydrogens (tertiary/aromatic N) is 2. The summed E-state index contributed by atoms with van der Waals surface area (Å²) in [6, 6.07) is 0. The highest BCUT2D eigenvalue weighted by molar-refractivity contribution is 7.52. The van der Waals surface area contributed by atoms with Crippen LogP contribution in [0.1, 0.15) is 67.2 Å². The Morgan fingerprint density at radius 2 is 1.29 bits per heavy atom. The van der Waals surface area contributed by atoms with E-state index in [0.717, 1.165) is 17.7 Å². The molecule has 14 nitrogen and oxygen atoms in total. The van der Waals surface area contributed by atoms with Crippen LogP contribution in [0.3, 0.4) is 0 Å². The van der Waals surface area contributed by atoms with E-state index >= 15 is 0 Å². The molecule has 0 aromatic carbocycles. The molecule has 15 heteroatoms. The molecule has 0 saturated heterocycles. The molecule has 0 spiro atoms. The lowest BCUT2D eigenvalue weighted by Crippen LogP contribution is -2.38. The van der Waals surface area contributed by atoms with Crippen LogP contribution in [0, 0.1) is 11.8 Å². The minimum absolute atomic E-state index is 0.126. The number of hydrogen-bond donors (Lipinski definition) is 1. The molecule has 2 atom stereocenters. The Hall–Kier alpha value is -2.57. The third kappa shape index (κ3) is 15.0. The molecule has 0 bridgehead atoms. The zero-order valence-electron chi connectivity index (χ0n) is 23.7. The number of carbonyl (C=O) groups excluding carboxylic acids is 3. The van der Waals surface area contributed by atoms with Gasteiger partial charge < -0.3 is 34.3 Å².